The number of nitrogens with one attached hydrogen (secondary N) is 2. The molecule has 1 aliphatic heterocycles. The van der Waals surface area contributed by atoms with Crippen LogP contribution >= 0.6 is 0 Å². The minimum Gasteiger partial charge on any atom is -0.365 e. The highest BCUT2D eigenvalue weighted by molar-refractivity contribution is 5.78. The van der Waals surface area contributed by atoms with Gasteiger partial charge in [0.15, 0.2) is 0 Å². The molecule has 0 unspecified atom stereocenters. The Bertz CT molecular complexity index is 431. The maximum Gasteiger partial charge on any atom is 0.236 e. The summed E-state index contributed by atoms with van der Waals surface area (Å²) >= 11 is 0. The summed E-state index contributed by atoms with van der Waals surface area (Å²) in [6.07, 6.45) is 1.78. The van der Waals surface area contributed by atoms with Crippen LogP contribution in [0.3, 0.4) is 0 Å². The first kappa shape index (κ1) is 13.0. The Hall–Kier alpha value is -1.40. The Kier molecular flexibility index (Phi) is 3.68. The third kappa shape index (κ3) is 2.39. The highest BCUT2D eigenvalue weighted by Gasteiger charge is 2.37. The van der Waals surface area contributed by atoms with Crippen LogP contribution in [0.2, 0.25) is 0 Å². The van der Waals surface area contributed by atoms with Gasteiger partial charge in [0, 0.05) is 6.54 Å². The van der Waals surface area contributed by atoms with Crippen LogP contribution in [0.25, 0.3) is 0 Å². The lowest BCUT2D eigenvalue weighted by molar-refractivity contribution is -0.149. The van der Waals surface area contributed by atoms with Gasteiger partial charge in [0.2, 0.25) is 5.91 Å². The number of rotatable bonds is 3. The lowest BCUT2D eigenvalue weighted by Gasteiger charge is -2.40. The van der Waals surface area contributed by atoms with Crippen molar-refractivity contribution in [2.24, 2.45) is 0 Å². The SMILES string of the molecule is CNCC(=O)N1CCO[C@](C)(c2[nH]ncc2C)C1. The number of likely N-dealkylation sites (N-methyl/N-ethyl adjacent to an activating group) is 1. The monoisotopic (exact) mass is 252 g/mol. The fourth-order valence-corrected chi connectivity index (χ4v) is 2.38. The zero-order chi connectivity index (χ0) is 13.2. The molecule has 2 rings (SSSR count). The van der Waals surface area contributed by atoms with Gasteiger partial charge in [-0.3, -0.25) is 9.89 Å². The van der Waals surface area contributed by atoms with Crippen LogP contribution in [0.4, 0.5) is 0 Å². The topological polar surface area (TPSA) is 70.2 Å². The molecular formula is C12H20N4O2. The van der Waals surface area contributed by atoms with Gasteiger partial charge in [-0.15, -0.1) is 0 Å². The number of hydrogen-bond acceptors (Lipinski definition) is 4. The number of aromatic nitrogens is 2. The van der Waals surface area contributed by atoms with E-state index in [-0.39, 0.29) is 5.91 Å². The zero-order valence-corrected chi connectivity index (χ0v) is 11.1. The first-order valence-electron chi connectivity index (χ1n) is 6.13. The fourth-order valence-electron chi connectivity index (χ4n) is 2.38. The molecule has 0 saturated carbocycles. The second-order valence-electron chi connectivity index (χ2n) is 4.85. The molecule has 18 heavy (non-hydrogen) atoms. The van der Waals surface area contributed by atoms with Gasteiger partial charge in [-0.2, -0.15) is 5.10 Å². The minimum absolute atomic E-state index is 0.101. The summed E-state index contributed by atoms with van der Waals surface area (Å²) in [5.41, 5.74) is 1.51. The van der Waals surface area contributed by atoms with Gasteiger partial charge in [-0.1, -0.05) is 0 Å². The Morgan fingerprint density at radius 3 is 3.11 bits per heavy atom. The first-order valence-corrected chi connectivity index (χ1v) is 6.13. The number of hydrogen-bond donors (Lipinski definition) is 2. The summed E-state index contributed by atoms with van der Waals surface area (Å²) < 4.78 is 5.86. The van der Waals surface area contributed by atoms with Crippen molar-refractivity contribution in [2.45, 2.75) is 19.4 Å². The molecule has 1 amide bonds. The minimum atomic E-state index is -0.498. The van der Waals surface area contributed by atoms with Crippen molar-refractivity contribution >= 4 is 5.91 Å². The van der Waals surface area contributed by atoms with Crippen molar-refractivity contribution in [1.29, 1.82) is 0 Å². The maximum absolute atomic E-state index is 11.9. The molecule has 0 spiro atoms. The number of amides is 1. The Balaban J connectivity index is 2.15. The van der Waals surface area contributed by atoms with E-state index in [1.807, 2.05) is 18.7 Å². The number of nitrogens with zero attached hydrogens (tertiary/aromatic N) is 2. The van der Waals surface area contributed by atoms with Crippen molar-refractivity contribution < 1.29 is 9.53 Å². The van der Waals surface area contributed by atoms with E-state index in [1.165, 1.54) is 0 Å². The molecule has 6 heteroatoms. The van der Waals surface area contributed by atoms with Gasteiger partial charge < -0.3 is 15.0 Å². The normalized spacial score (nSPS) is 24.3. The summed E-state index contributed by atoms with van der Waals surface area (Å²) in [5.74, 6) is 0.101. The van der Waals surface area contributed by atoms with Crippen LogP contribution in [0.5, 0.6) is 0 Å². The number of ether oxygens (including phenoxy) is 1. The van der Waals surface area contributed by atoms with E-state index < -0.39 is 5.60 Å². The van der Waals surface area contributed by atoms with Crippen molar-refractivity contribution in [2.75, 3.05) is 33.3 Å². The Morgan fingerprint density at radius 2 is 2.50 bits per heavy atom. The molecule has 1 aromatic rings. The second kappa shape index (κ2) is 5.07. The molecule has 0 aliphatic carbocycles. The van der Waals surface area contributed by atoms with E-state index in [1.54, 1.807) is 13.2 Å². The summed E-state index contributed by atoms with van der Waals surface area (Å²) in [7, 11) is 1.77. The van der Waals surface area contributed by atoms with Gasteiger partial charge in [-0.25, -0.2) is 0 Å². The summed E-state index contributed by atoms with van der Waals surface area (Å²) in [5, 5.41) is 9.89. The number of aromatic amines is 1. The summed E-state index contributed by atoms with van der Waals surface area (Å²) in [6, 6.07) is 0. The molecule has 0 bridgehead atoms. The van der Waals surface area contributed by atoms with Gasteiger partial charge >= 0.3 is 0 Å². The summed E-state index contributed by atoms with van der Waals surface area (Å²) in [4.78, 5) is 13.8. The standard InChI is InChI=1S/C12H20N4O2/c1-9-6-14-15-11(9)12(2)8-16(4-5-18-12)10(17)7-13-3/h6,13H,4-5,7-8H2,1-3H3,(H,14,15)/t12-/m0/s1. The molecule has 2 heterocycles. The fraction of sp³-hybridized carbons (Fsp3) is 0.667. The Morgan fingerprint density at radius 1 is 1.72 bits per heavy atom. The molecule has 1 saturated heterocycles. The van der Waals surface area contributed by atoms with Crippen LogP contribution in [-0.2, 0) is 15.1 Å². The molecule has 1 aliphatic rings. The molecule has 0 radical (unpaired) electrons. The molecule has 1 aromatic heterocycles. The molecule has 1 fully saturated rings. The van der Waals surface area contributed by atoms with Crippen molar-refractivity contribution in [3.63, 3.8) is 0 Å². The van der Waals surface area contributed by atoms with Crippen molar-refractivity contribution in [3.05, 3.63) is 17.5 Å². The average Bonchev–Trinajstić information content (AvgIpc) is 2.76. The van der Waals surface area contributed by atoms with Crippen LogP contribution in [0, 0.1) is 6.92 Å². The quantitative estimate of drug-likeness (QED) is 0.795. The van der Waals surface area contributed by atoms with Crippen LogP contribution in [-0.4, -0.2) is 54.3 Å². The second-order valence-corrected chi connectivity index (χ2v) is 4.85. The van der Waals surface area contributed by atoms with Crippen molar-refractivity contribution in [3.8, 4) is 0 Å². The highest BCUT2D eigenvalue weighted by atomic mass is 16.5. The Labute approximate surface area is 107 Å². The van der Waals surface area contributed by atoms with Gasteiger partial charge in [0.25, 0.3) is 0 Å². The van der Waals surface area contributed by atoms with Gasteiger partial charge in [0.1, 0.15) is 5.60 Å². The molecular weight excluding hydrogens is 232 g/mol. The maximum atomic E-state index is 11.9. The number of H-pyrrole nitrogens is 1. The lowest BCUT2D eigenvalue weighted by atomic mass is 9.97. The predicted molar refractivity (Wildman–Crippen MR) is 67.1 cm³/mol. The average molecular weight is 252 g/mol. The van der Waals surface area contributed by atoms with E-state index in [4.69, 9.17) is 4.74 Å². The number of carbonyl (C=O) groups excluding carboxylic acids is 1. The number of carbonyl (C=O) groups is 1. The first-order chi connectivity index (χ1) is 8.57. The van der Waals surface area contributed by atoms with Crippen LogP contribution in [0.15, 0.2) is 6.20 Å². The number of morpholine rings is 1. The largest absolute Gasteiger partial charge is 0.365 e. The summed E-state index contributed by atoms with van der Waals surface area (Å²) in [6.45, 7) is 6.08. The highest BCUT2D eigenvalue weighted by Crippen LogP contribution is 2.29. The van der Waals surface area contributed by atoms with E-state index >= 15 is 0 Å². The van der Waals surface area contributed by atoms with Crippen LogP contribution < -0.4 is 5.32 Å². The van der Waals surface area contributed by atoms with E-state index in [2.05, 4.69) is 15.5 Å². The number of aryl methyl sites for hydroxylation is 1. The van der Waals surface area contributed by atoms with Gasteiger partial charge in [-0.05, 0) is 26.5 Å². The molecule has 100 valence electrons. The predicted octanol–water partition coefficient (Wildman–Crippen LogP) is 0.0115. The van der Waals surface area contributed by atoms with E-state index in [0.717, 1.165) is 11.3 Å². The molecule has 0 aromatic carbocycles. The van der Waals surface area contributed by atoms with E-state index in [9.17, 15) is 4.79 Å². The molecule has 6 nitrogen and oxygen atoms in total. The molecule has 1 atom stereocenters. The lowest BCUT2D eigenvalue weighted by Crippen LogP contribution is -2.52. The smallest absolute Gasteiger partial charge is 0.236 e. The molecule has 2 N–H and O–H groups in total. The van der Waals surface area contributed by atoms with Gasteiger partial charge in [0.05, 0.1) is 31.6 Å². The van der Waals surface area contributed by atoms with E-state index in [0.29, 0.717) is 26.2 Å². The third-order valence-corrected chi connectivity index (χ3v) is 3.31. The zero-order valence-electron chi connectivity index (χ0n) is 11.1. The van der Waals surface area contributed by atoms with Crippen LogP contribution in [0.1, 0.15) is 18.2 Å². The van der Waals surface area contributed by atoms with Crippen molar-refractivity contribution in [1.82, 2.24) is 20.4 Å². The third-order valence-electron chi connectivity index (χ3n) is 3.31.